The van der Waals surface area contributed by atoms with Crippen LogP contribution in [0.2, 0.25) is 15.1 Å². The first kappa shape index (κ1) is 23.0. The second kappa shape index (κ2) is 10.2. The normalized spacial score (nSPS) is 11.8. The molecule has 164 valence electrons. The summed E-state index contributed by atoms with van der Waals surface area (Å²) < 4.78 is 2.04. The third-order valence-electron chi connectivity index (χ3n) is 4.83. The summed E-state index contributed by atoms with van der Waals surface area (Å²) in [6, 6.07) is 17.1. The summed E-state index contributed by atoms with van der Waals surface area (Å²) in [7, 11) is 0. The van der Waals surface area contributed by atoms with Crippen LogP contribution in [-0.4, -0.2) is 20.8 Å². The van der Waals surface area contributed by atoms with Gasteiger partial charge in [0.25, 0.3) is 0 Å². The lowest BCUT2D eigenvalue weighted by molar-refractivity contribution is 0.130. The number of hydrogen-bond donors (Lipinski definition) is 0. The molecule has 0 N–H and O–H groups in total. The zero-order valence-corrected chi connectivity index (χ0v) is 20.6. The number of fused-ring (bicyclic) bond motifs is 1. The molecule has 0 atom stereocenters. The number of imidazole rings is 1. The lowest BCUT2D eigenvalue weighted by atomic mass is 10.2. The van der Waals surface area contributed by atoms with E-state index in [2.05, 4.69) is 17.3 Å². The highest BCUT2D eigenvalue weighted by atomic mass is 35.5. The zero-order chi connectivity index (χ0) is 22.7. The highest BCUT2D eigenvalue weighted by Gasteiger charge is 2.17. The van der Waals surface area contributed by atoms with E-state index in [-0.39, 0.29) is 6.61 Å². The molecule has 0 saturated carbocycles. The van der Waals surface area contributed by atoms with E-state index in [1.165, 1.54) is 0 Å². The highest BCUT2D eigenvalue weighted by molar-refractivity contribution is 8.00. The number of rotatable bonds is 7. The van der Waals surface area contributed by atoms with E-state index in [4.69, 9.17) is 44.6 Å². The number of halogens is 3. The maximum atomic E-state index is 6.27. The van der Waals surface area contributed by atoms with E-state index in [0.717, 1.165) is 38.8 Å². The Morgan fingerprint density at radius 3 is 2.50 bits per heavy atom. The van der Waals surface area contributed by atoms with Crippen LogP contribution in [0.5, 0.6) is 0 Å². The summed E-state index contributed by atoms with van der Waals surface area (Å²) in [5.41, 5.74) is 5.43. The van der Waals surface area contributed by atoms with Gasteiger partial charge in [0.2, 0.25) is 0 Å². The first-order valence-electron chi connectivity index (χ1n) is 9.87. The molecule has 2 aromatic heterocycles. The van der Waals surface area contributed by atoms with Crippen molar-refractivity contribution in [2.45, 2.75) is 25.3 Å². The molecule has 4 nitrogen and oxygen atoms in total. The van der Waals surface area contributed by atoms with Crippen molar-refractivity contribution in [1.29, 1.82) is 0 Å². The van der Waals surface area contributed by atoms with Gasteiger partial charge in [0, 0.05) is 37.5 Å². The molecular formula is C24H20Cl3N3OS. The Hall–Kier alpha value is -2.18. The first-order valence-corrected chi connectivity index (χ1v) is 12.0. The Morgan fingerprint density at radius 2 is 1.75 bits per heavy atom. The van der Waals surface area contributed by atoms with Gasteiger partial charge < -0.3 is 4.84 Å². The summed E-state index contributed by atoms with van der Waals surface area (Å²) >= 11 is 19.9. The lowest BCUT2D eigenvalue weighted by Gasteiger charge is -2.10. The second-order valence-electron chi connectivity index (χ2n) is 7.27. The van der Waals surface area contributed by atoms with Crippen molar-refractivity contribution < 1.29 is 4.84 Å². The molecule has 0 aliphatic carbocycles. The fourth-order valence-electron chi connectivity index (χ4n) is 3.25. The van der Waals surface area contributed by atoms with E-state index in [0.29, 0.717) is 20.8 Å². The molecule has 4 aromatic rings. The highest BCUT2D eigenvalue weighted by Crippen LogP contribution is 2.25. The third-order valence-corrected chi connectivity index (χ3v) is 6.69. The molecule has 0 radical (unpaired) electrons. The maximum absolute atomic E-state index is 6.27. The Labute approximate surface area is 206 Å². The maximum Gasteiger partial charge on any atom is 0.143 e. The van der Waals surface area contributed by atoms with Crippen LogP contribution in [0, 0.1) is 13.8 Å². The number of aryl methyl sites for hydroxylation is 2. The topological polar surface area (TPSA) is 38.9 Å². The van der Waals surface area contributed by atoms with Gasteiger partial charge in [-0.1, -0.05) is 46.0 Å². The minimum absolute atomic E-state index is 0.236. The van der Waals surface area contributed by atoms with Crippen molar-refractivity contribution in [3.63, 3.8) is 0 Å². The van der Waals surface area contributed by atoms with Crippen LogP contribution >= 0.6 is 46.6 Å². The summed E-state index contributed by atoms with van der Waals surface area (Å²) in [6.45, 7) is 4.27. The van der Waals surface area contributed by atoms with Crippen molar-refractivity contribution in [2.75, 3.05) is 5.75 Å². The van der Waals surface area contributed by atoms with Crippen molar-refractivity contribution in [3.8, 4) is 0 Å². The van der Waals surface area contributed by atoms with Gasteiger partial charge in [-0.25, -0.2) is 4.98 Å². The van der Waals surface area contributed by atoms with E-state index in [9.17, 15) is 0 Å². The zero-order valence-electron chi connectivity index (χ0n) is 17.5. The number of aromatic nitrogens is 2. The minimum atomic E-state index is 0.236. The largest absolute Gasteiger partial charge is 0.391 e. The van der Waals surface area contributed by atoms with E-state index >= 15 is 0 Å². The summed E-state index contributed by atoms with van der Waals surface area (Å²) in [4.78, 5) is 11.6. The molecule has 0 fully saturated rings. The Bertz CT molecular complexity index is 1290. The Balaban J connectivity index is 1.64. The van der Waals surface area contributed by atoms with Crippen molar-refractivity contribution in [3.05, 3.63) is 98.4 Å². The number of pyridine rings is 1. The average Bonchev–Trinajstić information content (AvgIpc) is 3.08. The van der Waals surface area contributed by atoms with Crippen LogP contribution in [-0.2, 0) is 11.4 Å². The molecule has 0 spiro atoms. The fraction of sp³-hybridized carbons (Fsp3) is 0.167. The van der Waals surface area contributed by atoms with Gasteiger partial charge in [0.15, 0.2) is 0 Å². The third kappa shape index (κ3) is 5.41. The van der Waals surface area contributed by atoms with E-state index < -0.39 is 0 Å². The van der Waals surface area contributed by atoms with Crippen molar-refractivity contribution in [2.24, 2.45) is 5.16 Å². The standard InChI is InChI=1S/C24H20Cl3N3OS/c1-15-9-10-30-23(11-15)28-16(2)24(30)22(14-32-20-7-5-18(25)6-8-20)29-31-13-17-3-4-19(26)12-21(17)27/h3-12H,13-14H2,1-2H3/b29-22+. The molecule has 0 aliphatic rings. The fourth-order valence-corrected chi connectivity index (χ4v) is 4.66. The molecular weight excluding hydrogens is 485 g/mol. The SMILES string of the molecule is Cc1ccn2c(/C(CSc3ccc(Cl)cc3)=N/OCc3ccc(Cl)cc3Cl)c(C)nc2c1. The van der Waals surface area contributed by atoms with Crippen LogP contribution < -0.4 is 0 Å². The number of nitrogens with zero attached hydrogens (tertiary/aromatic N) is 3. The van der Waals surface area contributed by atoms with Crippen LogP contribution in [0.3, 0.4) is 0 Å². The van der Waals surface area contributed by atoms with Gasteiger partial charge in [-0.15, -0.1) is 11.8 Å². The molecule has 2 aromatic carbocycles. The van der Waals surface area contributed by atoms with Gasteiger partial charge in [-0.2, -0.15) is 0 Å². The van der Waals surface area contributed by atoms with Gasteiger partial charge in [0.1, 0.15) is 18.0 Å². The molecule has 32 heavy (non-hydrogen) atoms. The monoisotopic (exact) mass is 503 g/mol. The lowest BCUT2D eigenvalue weighted by Crippen LogP contribution is -2.11. The number of thioether (sulfide) groups is 1. The Kier molecular flexibility index (Phi) is 7.31. The van der Waals surface area contributed by atoms with E-state index in [1.54, 1.807) is 23.9 Å². The molecule has 0 unspecified atom stereocenters. The van der Waals surface area contributed by atoms with Crippen molar-refractivity contribution >= 4 is 57.9 Å². The van der Waals surface area contributed by atoms with Crippen LogP contribution in [0.15, 0.2) is 70.8 Å². The van der Waals surface area contributed by atoms with Gasteiger partial charge >= 0.3 is 0 Å². The molecule has 0 bridgehead atoms. The smallest absolute Gasteiger partial charge is 0.143 e. The van der Waals surface area contributed by atoms with Crippen molar-refractivity contribution in [1.82, 2.24) is 9.38 Å². The average molecular weight is 505 g/mol. The van der Waals surface area contributed by atoms with E-state index in [1.807, 2.05) is 54.8 Å². The predicted molar refractivity (Wildman–Crippen MR) is 135 cm³/mol. The van der Waals surface area contributed by atoms with Crippen LogP contribution in [0.1, 0.15) is 22.5 Å². The second-order valence-corrected chi connectivity index (χ2v) is 9.60. The number of benzene rings is 2. The van der Waals surface area contributed by atoms with Gasteiger partial charge in [0.05, 0.1) is 11.4 Å². The molecule has 8 heteroatoms. The van der Waals surface area contributed by atoms with Crippen LogP contribution in [0.4, 0.5) is 0 Å². The molecule has 4 rings (SSSR count). The van der Waals surface area contributed by atoms with Crippen LogP contribution in [0.25, 0.3) is 5.65 Å². The Morgan fingerprint density at radius 1 is 1.00 bits per heavy atom. The molecule has 0 saturated heterocycles. The minimum Gasteiger partial charge on any atom is -0.391 e. The molecule has 0 amide bonds. The van der Waals surface area contributed by atoms with Gasteiger partial charge in [-0.05, 0) is 67.9 Å². The summed E-state index contributed by atoms with van der Waals surface area (Å²) in [6.07, 6.45) is 2.01. The van der Waals surface area contributed by atoms with Gasteiger partial charge in [-0.3, -0.25) is 4.40 Å². The summed E-state index contributed by atoms with van der Waals surface area (Å²) in [5, 5.41) is 6.35. The predicted octanol–water partition coefficient (Wildman–Crippen LogP) is 7.62. The molecule has 2 heterocycles. The number of oxime groups is 1. The first-order chi connectivity index (χ1) is 15.4. The summed E-state index contributed by atoms with van der Waals surface area (Å²) in [5.74, 6) is 0.596. The number of hydrogen-bond acceptors (Lipinski definition) is 4. The quantitative estimate of drug-likeness (QED) is 0.148. The molecule has 0 aliphatic heterocycles.